The number of carbonyl (C=O) groups is 2. The van der Waals surface area contributed by atoms with Gasteiger partial charge in [-0.2, -0.15) is 0 Å². The Morgan fingerprint density at radius 2 is 2.25 bits per heavy atom. The highest BCUT2D eigenvalue weighted by atomic mass is 16.7. The van der Waals surface area contributed by atoms with Crippen LogP contribution in [-0.2, 0) is 19.2 Å². The van der Waals surface area contributed by atoms with Gasteiger partial charge in [-0.25, -0.2) is 5.48 Å². The molecule has 0 radical (unpaired) electrons. The third-order valence-corrected chi connectivity index (χ3v) is 6.64. The van der Waals surface area contributed by atoms with Crippen molar-refractivity contribution in [3.63, 3.8) is 0 Å². The molecular weight excluding hydrogens is 308 g/mol. The van der Waals surface area contributed by atoms with E-state index in [4.69, 9.17) is 9.57 Å². The molecule has 0 unspecified atom stereocenters. The number of hydrogen-bond acceptors (Lipinski definition) is 5. The zero-order valence-electron chi connectivity index (χ0n) is 14.2. The first-order valence-electron chi connectivity index (χ1n) is 9.01. The molecule has 6 atom stereocenters. The second-order valence-electron chi connectivity index (χ2n) is 8.14. The van der Waals surface area contributed by atoms with Crippen molar-refractivity contribution in [2.45, 2.75) is 51.2 Å². The monoisotopic (exact) mass is 334 g/mol. The van der Waals surface area contributed by atoms with Crippen LogP contribution >= 0.6 is 0 Å². The number of esters is 1. The summed E-state index contributed by atoms with van der Waals surface area (Å²) in [5.74, 6) is 0.244. The molecule has 1 amide bonds. The first-order valence-corrected chi connectivity index (χ1v) is 9.01. The van der Waals surface area contributed by atoms with E-state index in [0.717, 1.165) is 19.3 Å². The second-order valence-corrected chi connectivity index (χ2v) is 8.14. The molecule has 4 fully saturated rings. The molecule has 2 heterocycles. The third kappa shape index (κ3) is 2.56. The Balaban J connectivity index is 1.46. The number of carbonyl (C=O) groups excluding carboxylic acids is 2. The van der Waals surface area contributed by atoms with E-state index in [1.54, 1.807) is 0 Å². The molecular formula is C18H26N2O4. The summed E-state index contributed by atoms with van der Waals surface area (Å²) in [5, 5.41) is 3.17. The van der Waals surface area contributed by atoms with E-state index < -0.39 is 0 Å². The lowest BCUT2D eigenvalue weighted by molar-refractivity contribution is -0.146. The molecule has 2 aliphatic heterocycles. The van der Waals surface area contributed by atoms with Gasteiger partial charge in [0.2, 0.25) is 0 Å². The van der Waals surface area contributed by atoms with E-state index in [0.29, 0.717) is 19.1 Å². The van der Waals surface area contributed by atoms with Crippen LogP contribution in [0.5, 0.6) is 0 Å². The molecule has 2 saturated carbocycles. The predicted octanol–water partition coefficient (Wildman–Crippen LogP) is 1.32. The van der Waals surface area contributed by atoms with Gasteiger partial charge in [0.25, 0.3) is 5.91 Å². The normalized spacial score (nSPS) is 44.7. The predicted molar refractivity (Wildman–Crippen MR) is 86.6 cm³/mol. The van der Waals surface area contributed by atoms with Gasteiger partial charge in [0.05, 0.1) is 12.5 Å². The maximum absolute atomic E-state index is 12.4. The van der Waals surface area contributed by atoms with Crippen LogP contribution in [0.4, 0.5) is 0 Å². The van der Waals surface area contributed by atoms with Crippen LogP contribution in [-0.4, -0.2) is 37.2 Å². The van der Waals surface area contributed by atoms with Crippen LogP contribution in [0.1, 0.15) is 39.0 Å². The quantitative estimate of drug-likeness (QED) is 0.601. The Labute approximate surface area is 142 Å². The van der Waals surface area contributed by atoms with Gasteiger partial charge in [-0.05, 0) is 43.4 Å². The van der Waals surface area contributed by atoms with Crippen LogP contribution in [0, 0.1) is 23.2 Å². The van der Waals surface area contributed by atoms with Gasteiger partial charge in [0, 0.05) is 12.5 Å². The molecule has 2 aliphatic carbocycles. The molecule has 0 bridgehead atoms. The zero-order valence-corrected chi connectivity index (χ0v) is 14.2. The fourth-order valence-electron chi connectivity index (χ4n) is 5.25. The highest BCUT2D eigenvalue weighted by Crippen LogP contribution is 2.56. The van der Waals surface area contributed by atoms with Crippen LogP contribution in [0.15, 0.2) is 12.2 Å². The van der Waals surface area contributed by atoms with Gasteiger partial charge in [-0.1, -0.05) is 19.1 Å². The van der Waals surface area contributed by atoms with Crippen molar-refractivity contribution in [2.75, 3.05) is 13.2 Å². The van der Waals surface area contributed by atoms with Crippen LogP contribution in [0.3, 0.4) is 0 Å². The summed E-state index contributed by atoms with van der Waals surface area (Å²) in [4.78, 5) is 28.9. The van der Waals surface area contributed by atoms with Crippen LogP contribution < -0.4 is 10.8 Å². The summed E-state index contributed by atoms with van der Waals surface area (Å²) in [5.41, 5.74) is 3.90. The molecule has 0 aromatic carbocycles. The minimum absolute atomic E-state index is 0.0186. The maximum atomic E-state index is 12.4. The molecule has 0 aromatic heterocycles. The third-order valence-electron chi connectivity index (χ3n) is 6.64. The number of fused-ring (bicyclic) bond motifs is 2. The molecule has 24 heavy (non-hydrogen) atoms. The average Bonchev–Trinajstić information content (AvgIpc) is 3.05. The Morgan fingerprint density at radius 3 is 3.00 bits per heavy atom. The van der Waals surface area contributed by atoms with Crippen molar-refractivity contribution < 1.29 is 19.2 Å². The largest absolute Gasteiger partial charge is 0.462 e. The van der Waals surface area contributed by atoms with Crippen molar-refractivity contribution in [3.05, 3.63) is 12.2 Å². The fourth-order valence-corrected chi connectivity index (χ4v) is 5.25. The fraction of sp³-hybridized carbons (Fsp3) is 0.778. The topological polar surface area (TPSA) is 76.7 Å². The van der Waals surface area contributed by atoms with Gasteiger partial charge < -0.3 is 10.1 Å². The van der Waals surface area contributed by atoms with E-state index in [-0.39, 0.29) is 41.3 Å². The first kappa shape index (κ1) is 16.1. The number of amides is 1. The zero-order chi connectivity index (χ0) is 16.9. The summed E-state index contributed by atoms with van der Waals surface area (Å²) in [6.07, 6.45) is 5.43. The number of ether oxygens (including phenoxy) is 1. The van der Waals surface area contributed by atoms with E-state index >= 15 is 0 Å². The van der Waals surface area contributed by atoms with Crippen molar-refractivity contribution in [1.29, 1.82) is 0 Å². The van der Waals surface area contributed by atoms with E-state index in [1.165, 1.54) is 18.4 Å². The number of rotatable bonds is 3. The Hall–Kier alpha value is -1.40. The molecule has 6 heteroatoms. The van der Waals surface area contributed by atoms with Gasteiger partial charge in [-0.3, -0.25) is 14.4 Å². The summed E-state index contributed by atoms with van der Waals surface area (Å²) in [6.45, 7) is 7.41. The maximum Gasteiger partial charge on any atom is 0.310 e. The van der Waals surface area contributed by atoms with Crippen molar-refractivity contribution >= 4 is 11.9 Å². The van der Waals surface area contributed by atoms with Gasteiger partial charge in [0.1, 0.15) is 12.1 Å². The smallest absolute Gasteiger partial charge is 0.310 e. The lowest BCUT2D eigenvalue weighted by atomic mass is 9.55. The van der Waals surface area contributed by atoms with Crippen molar-refractivity contribution in [1.82, 2.24) is 10.8 Å². The van der Waals surface area contributed by atoms with Gasteiger partial charge in [0.15, 0.2) is 0 Å². The molecule has 0 spiro atoms. The molecule has 2 saturated heterocycles. The average molecular weight is 334 g/mol. The lowest BCUT2D eigenvalue weighted by Gasteiger charge is -2.50. The number of nitrogens with one attached hydrogen (secondary N) is 2. The SMILES string of the molecule is C=C1CCC[C@]2(C)C[C@H]3OC(=O)[C@@H](CN[C@@H]4CONC4=O)[C@H]3C[C@@H]12. The lowest BCUT2D eigenvalue weighted by Crippen LogP contribution is -2.47. The van der Waals surface area contributed by atoms with Gasteiger partial charge in [-0.15, -0.1) is 0 Å². The Bertz CT molecular complexity index is 577. The van der Waals surface area contributed by atoms with E-state index in [1.807, 2.05) is 0 Å². The highest BCUT2D eigenvalue weighted by Gasteiger charge is 2.55. The van der Waals surface area contributed by atoms with E-state index in [2.05, 4.69) is 24.3 Å². The van der Waals surface area contributed by atoms with Crippen LogP contribution in [0.2, 0.25) is 0 Å². The Morgan fingerprint density at radius 1 is 1.42 bits per heavy atom. The highest BCUT2D eigenvalue weighted by molar-refractivity contribution is 5.82. The standard InChI is InChI=1S/C18H26N2O4/c1-10-4-3-5-18(2)7-15-11(6-13(10)18)12(17(22)24-15)8-19-14-9-23-20-16(14)21/h11-15,19H,1,3-9H2,2H3,(H,20,21)/t11-,12+,13+,14-,15-,18-/m1/s1. The summed E-state index contributed by atoms with van der Waals surface area (Å²) in [6, 6.07) is -0.379. The number of allylic oxidation sites excluding steroid dienone is 1. The summed E-state index contributed by atoms with van der Waals surface area (Å²) >= 11 is 0. The van der Waals surface area contributed by atoms with Crippen LogP contribution in [0.25, 0.3) is 0 Å². The molecule has 2 N–H and O–H groups in total. The number of hydroxylamine groups is 1. The molecule has 132 valence electrons. The van der Waals surface area contributed by atoms with E-state index in [9.17, 15) is 9.59 Å². The molecule has 4 rings (SSSR count). The molecule has 0 aromatic rings. The first-order chi connectivity index (χ1) is 11.5. The van der Waals surface area contributed by atoms with Gasteiger partial charge >= 0.3 is 5.97 Å². The second kappa shape index (κ2) is 5.85. The molecule has 6 nitrogen and oxygen atoms in total. The van der Waals surface area contributed by atoms with Crippen molar-refractivity contribution in [2.24, 2.45) is 23.2 Å². The van der Waals surface area contributed by atoms with Crippen molar-refractivity contribution in [3.8, 4) is 0 Å². The minimum Gasteiger partial charge on any atom is -0.462 e. The Kier molecular flexibility index (Phi) is 3.92. The summed E-state index contributed by atoms with van der Waals surface area (Å²) < 4.78 is 5.73. The summed E-state index contributed by atoms with van der Waals surface area (Å²) in [7, 11) is 0. The number of hydrogen-bond donors (Lipinski definition) is 2. The molecule has 4 aliphatic rings. The minimum atomic E-state index is -0.379.